The molecule has 0 aromatic rings. The van der Waals surface area contributed by atoms with E-state index in [2.05, 4.69) is 27.7 Å². The van der Waals surface area contributed by atoms with E-state index >= 15 is 0 Å². The van der Waals surface area contributed by atoms with Crippen LogP contribution in [0.2, 0.25) is 0 Å². The first-order valence-corrected chi connectivity index (χ1v) is 32.4. The summed E-state index contributed by atoms with van der Waals surface area (Å²) >= 11 is 0. The molecular formula is C64H113NO12. The van der Waals surface area contributed by atoms with Crippen molar-refractivity contribution in [3.63, 3.8) is 0 Å². The van der Waals surface area contributed by atoms with Crippen LogP contribution in [-0.2, 0) is 57.1 Å². The summed E-state index contributed by atoms with van der Waals surface area (Å²) < 4.78 is 52.3. The first-order valence-electron chi connectivity index (χ1n) is 32.4. The molecule has 7 saturated carbocycles. The smallest absolute Gasteiger partial charge is 0.320 e. The highest BCUT2D eigenvalue weighted by Gasteiger charge is 2.92. The topological polar surface area (TPSA) is 145 Å². The number of rotatable bonds is 48. The van der Waals surface area contributed by atoms with Crippen LogP contribution in [-0.4, -0.2) is 110 Å². The SMILES string of the molecule is CCCCCCCCOC(CCC(=O)OC12CC3(OC(=O)CCC(OCCCCCCCC)OCCCCCCCC)CC1(OC(=O)CN(CC)CC)CC3(OC(=O)CC13CCC(CC1)CC3)C2)OCCCCCCCC. The fourth-order valence-electron chi connectivity index (χ4n) is 13.9. The maximum absolute atomic E-state index is 14.6. The molecule has 6 bridgehead atoms. The van der Waals surface area contributed by atoms with Crippen LogP contribution in [0.1, 0.15) is 292 Å². The highest BCUT2D eigenvalue weighted by molar-refractivity contribution is 5.76. The molecule has 7 aliphatic carbocycles. The first-order chi connectivity index (χ1) is 37.4. The number of esters is 4. The Labute approximate surface area is 468 Å². The van der Waals surface area contributed by atoms with Crippen molar-refractivity contribution in [2.45, 2.75) is 327 Å². The van der Waals surface area contributed by atoms with E-state index in [1.54, 1.807) is 0 Å². The van der Waals surface area contributed by atoms with Gasteiger partial charge in [-0.2, -0.15) is 0 Å². The van der Waals surface area contributed by atoms with Gasteiger partial charge in [0.25, 0.3) is 0 Å². The number of nitrogens with zero attached hydrogens (tertiary/aromatic N) is 1. The average Bonchev–Trinajstić information content (AvgIpc) is 4.04. The zero-order valence-electron chi connectivity index (χ0n) is 50.1. The Bertz CT molecular complexity index is 1630. The summed E-state index contributed by atoms with van der Waals surface area (Å²) in [5.74, 6) is -0.963. The lowest BCUT2D eigenvalue weighted by Crippen LogP contribution is -2.52. The summed E-state index contributed by atoms with van der Waals surface area (Å²) in [4.78, 5) is 59.8. The van der Waals surface area contributed by atoms with Crippen LogP contribution >= 0.6 is 0 Å². The Hall–Kier alpha value is -2.32. The van der Waals surface area contributed by atoms with Crippen molar-refractivity contribution in [1.82, 2.24) is 4.90 Å². The molecule has 0 heterocycles. The van der Waals surface area contributed by atoms with Gasteiger partial charge < -0.3 is 37.9 Å². The van der Waals surface area contributed by atoms with Gasteiger partial charge in [0.15, 0.2) is 35.0 Å². The zero-order valence-corrected chi connectivity index (χ0v) is 50.1. The largest absolute Gasteiger partial charge is 0.454 e. The summed E-state index contributed by atoms with van der Waals surface area (Å²) in [6.07, 6.45) is 33.9. The van der Waals surface area contributed by atoms with Crippen LogP contribution in [0.25, 0.3) is 0 Å². The molecule has 446 valence electrons. The minimum Gasteiger partial charge on any atom is -0.454 e. The number of unbranched alkanes of at least 4 members (excludes halogenated alkanes) is 20. The predicted molar refractivity (Wildman–Crippen MR) is 303 cm³/mol. The highest BCUT2D eigenvalue weighted by Crippen LogP contribution is 2.76. The minimum atomic E-state index is -1.39. The molecule has 0 spiro atoms. The molecule has 0 aromatic carbocycles. The molecule has 0 amide bonds. The van der Waals surface area contributed by atoms with Crippen LogP contribution in [0, 0.1) is 11.3 Å². The van der Waals surface area contributed by atoms with Gasteiger partial charge in [-0.15, -0.1) is 0 Å². The van der Waals surface area contributed by atoms with Gasteiger partial charge in [-0.25, -0.2) is 0 Å². The predicted octanol–water partition coefficient (Wildman–Crippen LogP) is 15.1. The Morgan fingerprint density at radius 3 is 1.03 bits per heavy atom. The van der Waals surface area contributed by atoms with Crippen molar-refractivity contribution in [2.24, 2.45) is 11.3 Å². The van der Waals surface area contributed by atoms with Crippen molar-refractivity contribution >= 4 is 23.9 Å². The molecule has 0 radical (unpaired) electrons. The molecule has 0 aromatic heterocycles. The van der Waals surface area contributed by atoms with E-state index in [1.165, 1.54) is 103 Å². The summed E-state index contributed by atoms with van der Waals surface area (Å²) in [5, 5.41) is 0. The first kappa shape index (κ1) is 65.5. The lowest BCUT2D eigenvalue weighted by atomic mass is 9.59. The lowest BCUT2D eigenvalue weighted by molar-refractivity contribution is -0.203. The molecule has 0 saturated heterocycles. The Morgan fingerprint density at radius 2 is 0.701 bits per heavy atom. The van der Waals surface area contributed by atoms with E-state index in [9.17, 15) is 19.2 Å². The standard InChI is InChI=1S/C64H113NO12/c1-7-13-17-21-25-29-43-70-58(71-44-30-26-22-18-14-8-2)35-33-54(66)74-61-49-62(75-55(67)34-36-59(72-45-31-27-23-19-15-9-3)73-46-32-28-24-20-16-10-4)50-63(61,52-64(62,51-61)77-57(69)48-65(11-5)12-6)76-56(68)47-60-40-37-53(38-41-60)39-42-60/h53,58-59H,7-52H2,1-6H3. The van der Waals surface area contributed by atoms with Gasteiger partial charge in [-0.05, 0) is 88.6 Å². The van der Waals surface area contributed by atoms with Crippen LogP contribution in [0.5, 0.6) is 0 Å². The molecule has 7 aliphatic rings. The molecule has 0 N–H and O–H groups in total. The molecule has 0 aliphatic heterocycles. The fourth-order valence-corrected chi connectivity index (χ4v) is 13.9. The molecule has 7 rings (SSSR count). The average molecular weight is 1090 g/mol. The van der Waals surface area contributed by atoms with Gasteiger partial charge in [0.1, 0.15) is 0 Å². The van der Waals surface area contributed by atoms with E-state index in [0.717, 1.165) is 95.8 Å². The van der Waals surface area contributed by atoms with Gasteiger partial charge >= 0.3 is 23.9 Å². The number of carbonyl (C=O) groups is 4. The number of fused-ring (bicyclic) bond motifs is 3. The number of carbonyl (C=O) groups excluding carboxylic acids is 4. The van der Waals surface area contributed by atoms with E-state index < -0.39 is 52.9 Å². The van der Waals surface area contributed by atoms with Gasteiger partial charge in [0.05, 0.1) is 25.8 Å². The quantitative estimate of drug-likeness (QED) is 0.0247. The molecule has 13 nitrogen and oxygen atoms in total. The van der Waals surface area contributed by atoms with Crippen molar-refractivity contribution in [3.8, 4) is 0 Å². The second-order valence-electron chi connectivity index (χ2n) is 24.7. The van der Waals surface area contributed by atoms with Crippen LogP contribution < -0.4 is 0 Å². The molecule has 4 unspecified atom stereocenters. The second-order valence-corrected chi connectivity index (χ2v) is 24.7. The van der Waals surface area contributed by atoms with Crippen LogP contribution in [0.15, 0.2) is 0 Å². The van der Waals surface area contributed by atoms with Crippen LogP contribution in [0.4, 0.5) is 0 Å². The second kappa shape index (κ2) is 34.8. The normalized spacial score (nSPS) is 26.0. The maximum Gasteiger partial charge on any atom is 0.320 e. The molecular weight excluding hydrogens is 975 g/mol. The van der Waals surface area contributed by atoms with Gasteiger partial charge in [0, 0.05) is 65.0 Å². The van der Waals surface area contributed by atoms with Crippen molar-refractivity contribution in [2.75, 3.05) is 46.1 Å². The Morgan fingerprint density at radius 1 is 0.403 bits per heavy atom. The number of ether oxygens (including phenoxy) is 8. The Balaban J connectivity index is 1.35. The van der Waals surface area contributed by atoms with E-state index in [4.69, 9.17) is 37.9 Å². The summed E-state index contributed by atoms with van der Waals surface area (Å²) in [6.45, 7) is 16.5. The van der Waals surface area contributed by atoms with Gasteiger partial charge in [-0.1, -0.05) is 170 Å². The van der Waals surface area contributed by atoms with Gasteiger partial charge in [-0.3, -0.25) is 24.1 Å². The monoisotopic (exact) mass is 1090 g/mol. The van der Waals surface area contributed by atoms with Gasteiger partial charge in [0.2, 0.25) is 0 Å². The molecule has 7 fully saturated rings. The highest BCUT2D eigenvalue weighted by atomic mass is 16.7. The third-order valence-electron chi connectivity index (χ3n) is 18.6. The van der Waals surface area contributed by atoms with Crippen LogP contribution in [0.3, 0.4) is 0 Å². The molecule has 13 heteroatoms. The summed E-state index contributed by atoms with van der Waals surface area (Å²) in [7, 11) is 0. The Kier molecular flexibility index (Phi) is 29.6. The zero-order chi connectivity index (χ0) is 55.3. The number of hydrogen-bond acceptors (Lipinski definition) is 13. The minimum absolute atomic E-state index is 0.0187. The summed E-state index contributed by atoms with van der Waals surface area (Å²) in [5.41, 5.74) is -5.60. The maximum atomic E-state index is 14.6. The van der Waals surface area contributed by atoms with Crippen molar-refractivity contribution in [1.29, 1.82) is 0 Å². The molecule has 4 atom stereocenters. The third kappa shape index (κ3) is 20.3. The van der Waals surface area contributed by atoms with E-state index in [0.29, 0.717) is 58.8 Å². The summed E-state index contributed by atoms with van der Waals surface area (Å²) in [6, 6.07) is 0. The van der Waals surface area contributed by atoms with E-state index in [1.807, 2.05) is 18.7 Å². The van der Waals surface area contributed by atoms with Crippen molar-refractivity contribution < 1.29 is 57.1 Å². The lowest BCUT2D eigenvalue weighted by Gasteiger charge is -2.46. The van der Waals surface area contributed by atoms with Crippen molar-refractivity contribution in [3.05, 3.63) is 0 Å². The fraction of sp³-hybridized carbons (Fsp3) is 0.938. The van der Waals surface area contributed by atoms with E-state index in [-0.39, 0.29) is 56.5 Å². The molecule has 77 heavy (non-hydrogen) atoms. The third-order valence-corrected chi connectivity index (χ3v) is 18.6. The number of likely N-dealkylation sites (N-methyl/N-ethyl adjacent to an activating group) is 1. The number of hydrogen-bond donors (Lipinski definition) is 0.